The van der Waals surface area contributed by atoms with E-state index in [2.05, 4.69) is 14.9 Å². The minimum atomic E-state index is 0.125. The standard InChI is InChI=1S/C13H21N3O2/c1-10-11(2)16(9-15-10)5-4-14-13(17)7-12-3-6-18-8-12/h9,12H,3-8H2,1-2H3,(H,14,17). The molecular formula is C13H21N3O2. The summed E-state index contributed by atoms with van der Waals surface area (Å²) in [7, 11) is 0. The van der Waals surface area contributed by atoms with Gasteiger partial charge in [-0.1, -0.05) is 0 Å². The molecule has 1 aromatic heterocycles. The molecule has 2 rings (SSSR count). The molecule has 18 heavy (non-hydrogen) atoms. The smallest absolute Gasteiger partial charge is 0.220 e. The van der Waals surface area contributed by atoms with Crippen LogP contribution in [0.1, 0.15) is 24.2 Å². The minimum Gasteiger partial charge on any atom is -0.381 e. The Balaban J connectivity index is 1.68. The van der Waals surface area contributed by atoms with Crippen molar-refractivity contribution in [2.75, 3.05) is 19.8 Å². The van der Waals surface area contributed by atoms with Gasteiger partial charge in [0.25, 0.3) is 0 Å². The molecule has 100 valence electrons. The molecule has 1 fully saturated rings. The van der Waals surface area contributed by atoms with Gasteiger partial charge in [0.1, 0.15) is 0 Å². The summed E-state index contributed by atoms with van der Waals surface area (Å²) in [5.41, 5.74) is 2.21. The number of ether oxygens (including phenoxy) is 1. The molecule has 1 unspecified atom stereocenters. The maximum atomic E-state index is 11.7. The Bertz CT molecular complexity index is 408. The average Bonchev–Trinajstić information content (AvgIpc) is 2.94. The lowest BCUT2D eigenvalue weighted by molar-refractivity contribution is -0.122. The van der Waals surface area contributed by atoms with E-state index in [9.17, 15) is 4.79 Å². The molecule has 1 aliphatic rings. The number of imidazole rings is 1. The highest BCUT2D eigenvalue weighted by atomic mass is 16.5. The monoisotopic (exact) mass is 251 g/mol. The zero-order valence-electron chi connectivity index (χ0n) is 11.1. The van der Waals surface area contributed by atoms with Crippen molar-refractivity contribution in [1.29, 1.82) is 0 Å². The number of nitrogens with zero attached hydrogens (tertiary/aromatic N) is 2. The lowest BCUT2D eigenvalue weighted by Crippen LogP contribution is -2.29. The van der Waals surface area contributed by atoms with Gasteiger partial charge in [0.15, 0.2) is 0 Å². The van der Waals surface area contributed by atoms with Gasteiger partial charge < -0.3 is 14.6 Å². The summed E-state index contributed by atoms with van der Waals surface area (Å²) in [4.78, 5) is 15.9. The summed E-state index contributed by atoms with van der Waals surface area (Å²) in [5, 5.41) is 2.95. The molecule has 0 saturated carbocycles. The van der Waals surface area contributed by atoms with Crippen molar-refractivity contribution in [1.82, 2.24) is 14.9 Å². The second-order valence-electron chi connectivity index (χ2n) is 4.89. The van der Waals surface area contributed by atoms with Crippen LogP contribution in [0.4, 0.5) is 0 Å². The Morgan fingerprint density at radius 1 is 1.61 bits per heavy atom. The number of amides is 1. The van der Waals surface area contributed by atoms with E-state index in [1.54, 1.807) is 0 Å². The van der Waals surface area contributed by atoms with Crippen molar-refractivity contribution in [2.45, 2.75) is 33.2 Å². The van der Waals surface area contributed by atoms with Crippen molar-refractivity contribution < 1.29 is 9.53 Å². The fraction of sp³-hybridized carbons (Fsp3) is 0.692. The average molecular weight is 251 g/mol. The fourth-order valence-electron chi connectivity index (χ4n) is 2.16. The summed E-state index contributed by atoms with van der Waals surface area (Å²) >= 11 is 0. The third-order valence-corrected chi connectivity index (χ3v) is 3.52. The van der Waals surface area contributed by atoms with Crippen LogP contribution in [-0.4, -0.2) is 35.2 Å². The van der Waals surface area contributed by atoms with E-state index in [4.69, 9.17) is 4.74 Å². The van der Waals surface area contributed by atoms with Crippen LogP contribution in [0.15, 0.2) is 6.33 Å². The second-order valence-corrected chi connectivity index (χ2v) is 4.89. The third kappa shape index (κ3) is 3.32. The molecule has 1 atom stereocenters. The summed E-state index contributed by atoms with van der Waals surface area (Å²) in [6.45, 7) is 6.99. The van der Waals surface area contributed by atoms with Crippen molar-refractivity contribution in [3.05, 3.63) is 17.7 Å². The molecule has 0 radical (unpaired) electrons. The largest absolute Gasteiger partial charge is 0.381 e. The van der Waals surface area contributed by atoms with Gasteiger partial charge in [0.05, 0.1) is 12.0 Å². The third-order valence-electron chi connectivity index (χ3n) is 3.52. The van der Waals surface area contributed by atoms with Crippen molar-refractivity contribution >= 4 is 5.91 Å². The molecule has 1 saturated heterocycles. The van der Waals surface area contributed by atoms with Gasteiger partial charge in [-0.2, -0.15) is 0 Å². The molecular weight excluding hydrogens is 230 g/mol. The van der Waals surface area contributed by atoms with Crippen LogP contribution in [0, 0.1) is 19.8 Å². The van der Waals surface area contributed by atoms with Crippen molar-refractivity contribution in [3.8, 4) is 0 Å². The number of aromatic nitrogens is 2. The SMILES string of the molecule is Cc1ncn(CCNC(=O)CC2CCOC2)c1C. The molecule has 1 aliphatic heterocycles. The number of nitrogens with one attached hydrogen (secondary N) is 1. The van der Waals surface area contributed by atoms with Crippen LogP contribution in [0.25, 0.3) is 0 Å². The number of rotatable bonds is 5. The number of carbonyl (C=O) groups excluding carboxylic acids is 1. The highest BCUT2D eigenvalue weighted by molar-refractivity contribution is 5.76. The normalized spacial score (nSPS) is 19.1. The topological polar surface area (TPSA) is 56.2 Å². The Morgan fingerprint density at radius 3 is 3.06 bits per heavy atom. The predicted octanol–water partition coefficient (Wildman–Crippen LogP) is 1.04. The molecule has 0 spiro atoms. The molecule has 0 aromatic carbocycles. The molecule has 1 N–H and O–H groups in total. The van der Waals surface area contributed by atoms with Gasteiger partial charge in [-0.3, -0.25) is 4.79 Å². The maximum Gasteiger partial charge on any atom is 0.220 e. The van der Waals surface area contributed by atoms with E-state index < -0.39 is 0 Å². The first-order valence-electron chi connectivity index (χ1n) is 6.49. The lowest BCUT2D eigenvalue weighted by atomic mass is 10.1. The Morgan fingerprint density at radius 2 is 2.44 bits per heavy atom. The highest BCUT2D eigenvalue weighted by Gasteiger charge is 2.18. The van der Waals surface area contributed by atoms with Crippen LogP contribution in [0.3, 0.4) is 0 Å². The van der Waals surface area contributed by atoms with Gasteiger partial charge >= 0.3 is 0 Å². The first kappa shape index (κ1) is 13.1. The van der Waals surface area contributed by atoms with Crippen LogP contribution in [-0.2, 0) is 16.1 Å². The van der Waals surface area contributed by atoms with Crippen molar-refractivity contribution in [3.63, 3.8) is 0 Å². The van der Waals surface area contributed by atoms with E-state index >= 15 is 0 Å². The Hall–Kier alpha value is -1.36. The highest BCUT2D eigenvalue weighted by Crippen LogP contribution is 2.15. The van der Waals surface area contributed by atoms with Crippen LogP contribution in [0.5, 0.6) is 0 Å². The molecule has 1 amide bonds. The Labute approximate surface area is 108 Å². The number of carbonyl (C=O) groups is 1. The summed E-state index contributed by atoms with van der Waals surface area (Å²) < 4.78 is 7.32. The minimum absolute atomic E-state index is 0.125. The van der Waals surface area contributed by atoms with E-state index in [0.717, 1.165) is 37.6 Å². The molecule has 0 aliphatic carbocycles. The van der Waals surface area contributed by atoms with Crippen molar-refractivity contribution in [2.24, 2.45) is 5.92 Å². The molecule has 5 nitrogen and oxygen atoms in total. The number of aryl methyl sites for hydroxylation is 1. The van der Waals surface area contributed by atoms with E-state index in [-0.39, 0.29) is 5.91 Å². The number of hydrogen-bond donors (Lipinski definition) is 1. The van der Waals surface area contributed by atoms with Gasteiger partial charge in [-0.05, 0) is 26.2 Å². The van der Waals surface area contributed by atoms with E-state index in [0.29, 0.717) is 18.9 Å². The van der Waals surface area contributed by atoms with Crippen LogP contribution in [0.2, 0.25) is 0 Å². The van der Waals surface area contributed by atoms with E-state index in [1.807, 2.05) is 20.2 Å². The predicted molar refractivity (Wildman–Crippen MR) is 68.3 cm³/mol. The van der Waals surface area contributed by atoms with Gasteiger partial charge in [-0.15, -0.1) is 0 Å². The van der Waals surface area contributed by atoms with Gasteiger partial charge in [0.2, 0.25) is 5.91 Å². The van der Waals surface area contributed by atoms with Crippen LogP contribution < -0.4 is 5.32 Å². The zero-order chi connectivity index (χ0) is 13.0. The molecule has 0 bridgehead atoms. The van der Waals surface area contributed by atoms with Gasteiger partial charge in [-0.25, -0.2) is 4.98 Å². The first-order valence-corrected chi connectivity index (χ1v) is 6.49. The first-order chi connectivity index (χ1) is 8.66. The Kier molecular flexibility index (Phi) is 4.36. The summed E-state index contributed by atoms with van der Waals surface area (Å²) in [6.07, 6.45) is 3.41. The quantitative estimate of drug-likeness (QED) is 0.850. The second kappa shape index (κ2) is 6.00. The molecule has 2 heterocycles. The number of hydrogen-bond acceptors (Lipinski definition) is 3. The maximum absolute atomic E-state index is 11.7. The van der Waals surface area contributed by atoms with Gasteiger partial charge in [0, 0.05) is 38.4 Å². The molecule has 5 heteroatoms. The fourth-order valence-corrected chi connectivity index (χ4v) is 2.16. The zero-order valence-corrected chi connectivity index (χ0v) is 11.1. The van der Waals surface area contributed by atoms with Crippen LogP contribution >= 0.6 is 0 Å². The summed E-state index contributed by atoms with van der Waals surface area (Å²) in [5.74, 6) is 0.530. The molecule has 1 aromatic rings. The lowest BCUT2D eigenvalue weighted by Gasteiger charge is -2.09. The van der Waals surface area contributed by atoms with E-state index in [1.165, 1.54) is 0 Å². The summed E-state index contributed by atoms with van der Waals surface area (Å²) in [6, 6.07) is 0.